The number of aryl methyl sites for hydroxylation is 1. The second-order valence-corrected chi connectivity index (χ2v) is 9.00. The van der Waals surface area contributed by atoms with Crippen LogP contribution in [0.4, 0.5) is 5.69 Å². The first-order chi connectivity index (χ1) is 13.1. The third-order valence-electron chi connectivity index (χ3n) is 7.21. The van der Waals surface area contributed by atoms with Crippen LogP contribution >= 0.6 is 0 Å². The van der Waals surface area contributed by atoms with Crippen LogP contribution in [0, 0.1) is 12.8 Å². The lowest BCUT2D eigenvalue weighted by atomic mass is 10.0. The monoisotopic (exact) mass is 369 g/mol. The van der Waals surface area contributed by atoms with Crippen molar-refractivity contribution in [3.8, 4) is 0 Å². The maximum Gasteiger partial charge on any atom is 0.223 e. The molecule has 2 fully saturated rings. The summed E-state index contributed by atoms with van der Waals surface area (Å²) >= 11 is 0. The predicted octanol–water partition coefficient (Wildman–Crippen LogP) is 4.18. The topological polar surface area (TPSA) is 35.6 Å². The second kappa shape index (κ2) is 8.22. The van der Waals surface area contributed by atoms with Crippen LogP contribution < -0.4 is 5.32 Å². The fourth-order valence-corrected chi connectivity index (χ4v) is 5.44. The largest absolute Gasteiger partial charge is 0.384 e. The maximum absolute atomic E-state index is 13.3. The number of para-hydroxylation sites is 1. The van der Waals surface area contributed by atoms with Crippen LogP contribution in [-0.2, 0) is 11.3 Å². The summed E-state index contributed by atoms with van der Waals surface area (Å²) in [6, 6.07) is 7.65. The van der Waals surface area contributed by atoms with Crippen LogP contribution in [-0.4, -0.2) is 47.9 Å². The Kier molecular flexibility index (Phi) is 5.72. The number of nitrogens with zero attached hydrogens (tertiary/aromatic N) is 2. The van der Waals surface area contributed by atoms with Gasteiger partial charge in [0.15, 0.2) is 0 Å². The molecule has 1 aromatic carbocycles. The third-order valence-corrected chi connectivity index (χ3v) is 7.21. The Balaban J connectivity index is 1.59. The molecule has 1 saturated carbocycles. The Labute approximate surface area is 164 Å². The van der Waals surface area contributed by atoms with Gasteiger partial charge in [-0.05, 0) is 63.1 Å². The highest BCUT2D eigenvalue weighted by molar-refractivity contribution is 5.77. The number of nitrogens with one attached hydrogen (secondary N) is 1. The molecule has 0 aromatic heterocycles. The van der Waals surface area contributed by atoms with Crippen molar-refractivity contribution in [1.82, 2.24) is 9.80 Å². The first-order valence-electron chi connectivity index (χ1n) is 10.9. The van der Waals surface area contributed by atoms with Gasteiger partial charge in [0.2, 0.25) is 5.91 Å². The zero-order valence-electron chi connectivity index (χ0n) is 17.0. The van der Waals surface area contributed by atoms with Crippen molar-refractivity contribution in [1.29, 1.82) is 0 Å². The molecule has 1 N–H and O–H groups in total. The van der Waals surface area contributed by atoms with Gasteiger partial charge in [0.25, 0.3) is 0 Å². The highest BCUT2D eigenvalue weighted by atomic mass is 16.2. The number of rotatable bonds is 2. The smallest absolute Gasteiger partial charge is 0.223 e. The summed E-state index contributed by atoms with van der Waals surface area (Å²) < 4.78 is 0. The minimum atomic E-state index is 0.366. The van der Waals surface area contributed by atoms with Crippen molar-refractivity contribution in [2.75, 3.05) is 25.5 Å². The quantitative estimate of drug-likeness (QED) is 0.849. The summed E-state index contributed by atoms with van der Waals surface area (Å²) in [5, 5.41) is 3.70. The lowest BCUT2D eigenvalue weighted by Gasteiger charge is -2.31. The highest BCUT2D eigenvalue weighted by Crippen LogP contribution is 2.31. The van der Waals surface area contributed by atoms with Crippen LogP contribution in [0.5, 0.6) is 0 Å². The standard InChI is InChI=1S/C23H35N3O/c1-17-6-5-9-19-15-26(22(27)14-18-7-3-4-8-18)16-21-11-10-20(25(21)2)12-13-24-23(17)19/h5-6,9,18,20-21,24H,3-4,7-8,10-16H2,1-2H3. The Morgan fingerprint density at radius 2 is 1.89 bits per heavy atom. The van der Waals surface area contributed by atoms with Gasteiger partial charge in [0.1, 0.15) is 0 Å². The minimum Gasteiger partial charge on any atom is -0.384 e. The van der Waals surface area contributed by atoms with Crippen LogP contribution in [0.15, 0.2) is 18.2 Å². The normalized spacial score (nSPS) is 27.1. The molecule has 1 aliphatic carbocycles. The lowest BCUT2D eigenvalue weighted by Crippen LogP contribution is -2.43. The highest BCUT2D eigenvalue weighted by Gasteiger charge is 2.33. The summed E-state index contributed by atoms with van der Waals surface area (Å²) in [5.74, 6) is 0.977. The molecule has 4 heteroatoms. The molecule has 4 nitrogen and oxygen atoms in total. The van der Waals surface area contributed by atoms with Gasteiger partial charge in [0, 0.05) is 43.8 Å². The number of fused-ring (bicyclic) bond motifs is 3. The molecule has 0 radical (unpaired) electrons. The van der Waals surface area contributed by atoms with Crippen LogP contribution in [0.3, 0.4) is 0 Å². The fourth-order valence-electron chi connectivity index (χ4n) is 5.44. The summed E-state index contributed by atoms with van der Waals surface area (Å²) in [7, 11) is 2.26. The molecular formula is C23H35N3O. The number of anilines is 1. The van der Waals surface area contributed by atoms with Gasteiger partial charge in [-0.1, -0.05) is 31.0 Å². The van der Waals surface area contributed by atoms with Gasteiger partial charge >= 0.3 is 0 Å². The molecule has 2 atom stereocenters. The van der Waals surface area contributed by atoms with Gasteiger partial charge in [-0.2, -0.15) is 0 Å². The van der Waals surface area contributed by atoms with Crippen molar-refractivity contribution >= 4 is 11.6 Å². The van der Waals surface area contributed by atoms with Gasteiger partial charge < -0.3 is 10.2 Å². The summed E-state index contributed by atoms with van der Waals surface area (Å²) in [4.78, 5) is 18.0. The van der Waals surface area contributed by atoms with Gasteiger partial charge in [-0.25, -0.2) is 0 Å². The van der Waals surface area contributed by atoms with E-state index in [-0.39, 0.29) is 0 Å². The first kappa shape index (κ1) is 18.8. The number of hydrogen-bond donors (Lipinski definition) is 1. The Morgan fingerprint density at radius 1 is 1.11 bits per heavy atom. The molecule has 1 amide bonds. The average molecular weight is 370 g/mol. The Bertz CT molecular complexity index is 668. The number of benzene rings is 1. The van der Waals surface area contributed by atoms with Crippen LogP contribution in [0.1, 0.15) is 62.5 Å². The summed E-state index contributed by atoms with van der Waals surface area (Å²) in [5.41, 5.74) is 3.81. The SMILES string of the molecule is Cc1cccc2c1NCCC1CCC(CN(C(=O)CC3CCCC3)C2)N1C. The molecule has 27 heavy (non-hydrogen) atoms. The number of hydrogen-bond acceptors (Lipinski definition) is 3. The van der Waals surface area contributed by atoms with Gasteiger partial charge in [-0.3, -0.25) is 9.69 Å². The molecule has 2 bridgehead atoms. The number of carbonyl (C=O) groups is 1. The van der Waals surface area contributed by atoms with Crippen LogP contribution in [0.25, 0.3) is 0 Å². The number of carbonyl (C=O) groups excluding carboxylic acids is 1. The zero-order chi connectivity index (χ0) is 18.8. The van der Waals surface area contributed by atoms with E-state index in [0.29, 0.717) is 23.9 Å². The minimum absolute atomic E-state index is 0.366. The second-order valence-electron chi connectivity index (χ2n) is 9.00. The van der Waals surface area contributed by atoms with Gasteiger partial charge in [-0.15, -0.1) is 0 Å². The van der Waals surface area contributed by atoms with Crippen molar-refractivity contribution in [3.05, 3.63) is 29.3 Å². The molecule has 148 valence electrons. The first-order valence-corrected chi connectivity index (χ1v) is 10.9. The number of likely N-dealkylation sites (N-methyl/N-ethyl adjacent to an activating group) is 1. The van der Waals surface area contributed by atoms with E-state index >= 15 is 0 Å². The summed E-state index contributed by atoms with van der Waals surface area (Å²) in [6.45, 7) is 4.81. The van der Waals surface area contributed by atoms with Crippen molar-refractivity contribution < 1.29 is 4.79 Å². The number of amides is 1. The molecule has 2 aliphatic heterocycles. The molecule has 1 aromatic rings. The Morgan fingerprint density at radius 3 is 2.70 bits per heavy atom. The summed E-state index contributed by atoms with van der Waals surface area (Å²) in [6.07, 6.45) is 9.48. The van der Waals surface area contributed by atoms with Crippen LogP contribution in [0.2, 0.25) is 0 Å². The average Bonchev–Trinajstić information content (AvgIpc) is 3.26. The molecular weight excluding hydrogens is 334 g/mol. The van der Waals surface area contributed by atoms with Crippen molar-refractivity contribution in [3.63, 3.8) is 0 Å². The Hall–Kier alpha value is -1.55. The molecule has 0 spiro atoms. The molecule has 2 heterocycles. The fraction of sp³-hybridized carbons (Fsp3) is 0.696. The van der Waals surface area contributed by atoms with E-state index in [2.05, 4.69) is 47.3 Å². The lowest BCUT2D eigenvalue weighted by molar-refractivity contribution is -0.133. The molecule has 4 rings (SSSR count). The van der Waals surface area contributed by atoms with E-state index in [4.69, 9.17) is 0 Å². The van der Waals surface area contributed by atoms with E-state index in [9.17, 15) is 4.79 Å². The van der Waals surface area contributed by atoms with Crippen molar-refractivity contribution in [2.45, 2.75) is 76.9 Å². The third kappa shape index (κ3) is 4.16. The van der Waals surface area contributed by atoms with Crippen molar-refractivity contribution in [2.24, 2.45) is 5.92 Å². The zero-order valence-corrected chi connectivity index (χ0v) is 17.0. The van der Waals surface area contributed by atoms with E-state index < -0.39 is 0 Å². The molecule has 1 saturated heterocycles. The predicted molar refractivity (Wildman–Crippen MR) is 111 cm³/mol. The maximum atomic E-state index is 13.3. The molecule has 3 aliphatic rings. The van der Waals surface area contributed by atoms with E-state index in [1.165, 1.54) is 61.8 Å². The van der Waals surface area contributed by atoms with E-state index in [1.54, 1.807) is 0 Å². The molecule has 2 unspecified atom stereocenters. The van der Waals surface area contributed by atoms with E-state index in [0.717, 1.165) is 26.1 Å². The van der Waals surface area contributed by atoms with Gasteiger partial charge in [0.05, 0.1) is 0 Å². The van der Waals surface area contributed by atoms with E-state index in [1.807, 2.05) is 0 Å².